The van der Waals surface area contributed by atoms with Gasteiger partial charge in [0.15, 0.2) is 24.6 Å². The summed E-state index contributed by atoms with van der Waals surface area (Å²) >= 11 is 4.16. The topological polar surface area (TPSA) is 126 Å². The Labute approximate surface area is 257 Å². The van der Waals surface area contributed by atoms with Gasteiger partial charge in [-0.05, 0) is 55.9 Å². The van der Waals surface area contributed by atoms with Crippen molar-refractivity contribution in [2.24, 2.45) is 11.8 Å². The molecule has 1 saturated heterocycles. The van der Waals surface area contributed by atoms with E-state index in [0.717, 1.165) is 50.0 Å². The highest BCUT2D eigenvalue weighted by Gasteiger charge is 2.47. The molecule has 2 heterocycles. The lowest BCUT2D eigenvalue weighted by atomic mass is 9.71. The smallest absolute Gasteiger partial charge is 0.363 e. The number of ether oxygens (including phenoxy) is 2. The molecule has 3 aliphatic carbocycles. The maximum Gasteiger partial charge on any atom is 0.363 e. The highest BCUT2D eigenvalue weighted by molar-refractivity contribution is 7.85. The van der Waals surface area contributed by atoms with Crippen molar-refractivity contribution in [2.75, 3.05) is 25.4 Å². The van der Waals surface area contributed by atoms with Crippen molar-refractivity contribution in [1.29, 1.82) is 0 Å². The van der Waals surface area contributed by atoms with Crippen molar-refractivity contribution in [1.82, 2.24) is 4.90 Å². The second kappa shape index (κ2) is 14.3. The lowest BCUT2D eigenvalue weighted by Gasteiger charge is -2.39. The molecule has 0 aromatic carbocycles. The van der Waals surface area contributed by atoms with E-state index in [4.69, 9.17) is 29.8 Å². The summed E-state index contributed by atoms with van der Waals surface area (Å²) in [5.41, 5.74) is 0.956. The van der Waals surface area contributed by atoms with Crippen LogP contribution in [0, 0.1) is 11.8 Å². The van der Waals surface area contributed by atoms with Crippen LogP contribution >= 0.6 is 11.6 Å². The first-order valence-corrected chi connectivity index (χ1v) is 18.7. The van der Waals surface area contributed by atoms with Crippen molar-refractivity contribution in [3.8, 4) is 0 Å². The molecule has 13 heteroatoms. The van der Waals surface area contributed by atoms with Gasteiger partial charge in [-0.25, -0.2) is 0 Å². The van der Waals surface area contributed by atoms with E-state index < -0.39 is 21.5 Å². The molecule has 2 aliphatic heterocycles. The quantitative estimate of drug-likeness (QED) is 0.143. The van der Waals surface area contributed by atoms with E-state index in [9.17, 15) is 17.2 Å². The highest BCUT2D eigenvalue weighted by atomic mass is 35.5. The number of hydrogen-bond donors (Lipinski definition) is 2. The molecule has 5 aliphatic rings. The van der Waals surface area contributed by atoms with Gasteiger partial charge in [-0.2, -0.15) is 17.2 Å². The van der Waals surface area contributed by atoms with Crippen LogP contribution in [0.15, 0.2) is 23.6 Å². The number of halogens is 1. The van der Waals surface area contributed by atoms with E-state index in [1.54, 1.807) is 0 Å². The third-order valence-corrected chi connectivity index (χ3v) is 11.3. The predicted octanol–water partition coefficient (Wildman–Crippen LogP) is 4.62. The van der Waals surface area contributed by atoms with Crippen LogP contribution in [0.3, 0.4) is 0 Å². The summed E-state index contributed by atoms with van der Waals surface area (Å²) in [6.45, 7) is 2.68. The van der Waals surface area contributed by atoms with Crippen molar-refractivity contribution < 1.29 is 40.0 Å². The summed E-state index contributed by atoms with van der Waals surface area (Å²) in [5.74, 6) is 2.32. The summed E-state index contributed by atoms with van der Waals surface area (Å²) in [6, 6.07) is 0.145. The third-order valence-electron chi connectivity index (χ3n) is 9.85. The molecule has 0 aromatic rings. The van der Waals surface area contributed by atoms with E-state index in [1.165, 1.54) is 32.1 Å². The van der Waals surface area contributed by atoms with Crippen LogP contribution < -0.4 is 0 Å². The fourth-order valence-electron chi connectivity index (χ4n) is 7.73. The predicted molar refractivity (Wildman–Crippen MR) is 161 cm³/mol. The van der Waals surface area contributed by atoms with E-state index >= 15 is 0 Å². The summed E-state index contributed by atoms with van der Waals surface area (Å²) in [5, 5.41) is 0.0466. The second-order valence-corrected chi connectivity index (χ2v) is 15.3. The normalized spacial score (nSPS) is 34.2. The molecular formula is C29H46ClN2O8S2+. The Balaban J connectivity index is 1.40. The average molecular weight is 650 g/mol. The number of nitrogens with zero attached hydrogens (tertiary/aromatic N) is 2. The summed E-state index contributed by atoms with van der Waals surface area (Å²) in [4.78, 5) is 2.07. The SMILES string of the molecule is CCC(=CC1=[N+](CCOS(=O)O)C2CC(Cl)CCC2O1)C=C1OC2CCC(C3CCCCC3)CC2N1CCS(=O)(=O)O. The summed E-state index contributed by atoms with van der Waals surface area (Å²) < 4.78 is 73.2. The van der Waals surface area contributed by atoms with Crippen LogP contribution in [0.5, 0.6) is 0 Å². The second-order valence-electron chi connectivity index (χ2n) is 12.4. The van der Waals surface area contributed by atoms with Crippen LogP contribution in [-0.2, 0) is 35.1 Å². The van der Waals surface area contributed by atoms with Crippen molar-refractivity contribution in [2.45, 2.75) is 114 Å². The molecule has 7 atom stereocenters. The monoisotopic (exact) mass is 649 g/mol. The van der Waals surface area contributed by atoms with Gasteiger partial charge >= 0.3 is 17.3 Å². The van der Waals surface area contributed by atoms with Crippen LogP contribution in [0.2, 0.25) is 0 Å². The van der Waals surface area contributed by atoms with Crippen LogP contribution in [0.25, 0.3) is 0 Å². The number of rotatable bonds is 11. The molecule has 238 valence electrons. The highest BCUT2D eigenvalue weighted by Crippen LogP contribution is 2.44. The van der Waals surface area contributed by atoms with Gasteiger partial charge in [-0.3, -0.25) is 13.3 Å². The maximum absolute atomic E-state index is 11.8. The molecule has 0 spiro atoms. The zero-order valence-electron chi connectivity index (χ0n) is 24.4. The van der Waals surface area contributed by atoms with Crippen LogP contribution in [0.4, 0.5) is 0 Å². The van der Waals surface area contributed by atoms with Crippen molar-refractivity contribution in [3.05, 3.63) is 23.6 Å². The Morgan fingerprint density at radius 1 is 1.10 bits per heavy atom. The van der Waals surface area contributed by atoms with Gasteiger partial charge in [0.2, 0.25) is 0 Å². The van der Waals surface area contributed by atoms with Gasteiger partial charge in [0.25, 0.3) is 10.1 Å². The van der Waals surface area contributed by atoms with Gasteiger partial charge in [0, 0.05) is 24.4 Å². The number of alkyl halides is 1. The Morgan fingerprint density at radius 3 is 2.57 bits per heavy atom. The lowest BCUT2D eigenvalue weighted by Crippen LogP contribution is -2.43. The van der Waals surface area contributed by atoms with Gasteiger partial charge in [0.05, 0.1) is 17.9 Å². The molecule has 0 bridgehead atoms. The van der Waals surface area contributed by atoms with Crippen LogP contribution in [0.1, 0.15) is 84.0 Å². The minimum Gasteiger partial charge on any atom is -0.474 e. The Kier molecular flexibility index (Phi) is 11.0. The van der Waals surface area contributed by atoms with Crippen LogP contribution in [-0.4, -0.2) is 92.2 Å². The Hall–Kier alpha value is -1.18. The fraction of sp³-hybridized carbons (Fsp3) is 0.828. The largest absolute Gasteiger partial charge is 0.474 e. The molecule has 0 aromatic heterocycles. The molecule has 2 N–H and O–H groups in total. The van der Waals surface area contributed by atoms with Gasteiger partial charge in [-0.15, -0.1) is 11.6 Å². The Morgan fingerprint density at radius 2 is 1.86 bits per heavy atom. The van der Waals surface area contributed by atoms with Gasteiger partial charge in [-0.1, -0.05) is 39.0 Å². The number of allylic oxidation sites excluding steroid dienone is 2. The first-order chi connectivity index (χ1) is 20.1. The molecule has 10 nitrogen and oxygen atoms in total. The number of hydrogen-bond acceptors (Lipinski definition) is 7. The minimum absolute atomic E-state index is 0.00231. The molecule has 0 amide bonds. The van der Waals surface area contributed by atoms with E-state index in [0.29, 0.717) is 30.7 Å². The van der Waals surface area contributed by atoms with E-state index in [-0.39, 0.29) is 48.6 Å². The van der Waals surface area contributed by atoms with Gasteiger partial charge in [0.1, 0.15) is 12.7 Å². The number of fused-ring (bicyclic) bond motifs is 2. The average Bonchev–Trinajstić information content (AvgIpc) is 3.47. The van der Waals surface area contributed by atoms with Gasteiger partial charge < -0.3 is 14.4 Å². The lowest BCUT2D eigenvalue weighted by molar-refractivity contribution is -0.562. The Bertz CT molecular complexity index is 1190. The zero-order chi connectivity index (χ0) is 29.9. The molecule has 42 heavy (non-hydrogen) atoms. The summed E-state index contributed by atoms with van der Waals surface area (Å²) in [7, 11) is -4.13. The molecule has 4 fully saturated rings. The fourth-order valence-corrected chi connectivity index (χ4v) is 8.68. The maximum atomic E-state index is 11.8. The zero-order valence-corrected chi connectivity index (χ0v) is 26.8. The van der Waals surface area contributed by atoms with Crippen molar-refractivity contribution in [3.63, 3.8) is 0 Å². The van der Waals surface area contributed by atoms with E-state index in [1.807, 2.05) is 19.1 Å². The third kappa shape index (κ3) is 8.10. The molecule has 7 unspecified atom stereocenters. The van der Waals surface area contributed by atoms with Crippen molar-refractivity contribution >= 4 is 39.0 Å². The molecule has 5 rings (SSSR count). The summed E-state index contributed by atoms with van der Waals surface area (Å²) in [6.07, 6.45) is 16.6. The first kappa shape index (κ1) is 32.2. The molecule has 3 saturated carbocycles. The molecule has 0 radical (unpaired) electrons. The van der Waals surface area contributed by atoms with E-state index in [2.05, 4.69) is 9.48 Å². The standard InChI is InChI=1S/C29H45ClN2O8S2/c1-2-20(16-28-31(12-14-38-41(33)34)25-19-23(30)9-11-27(25)40-28)17-29-32(13-15-42(35,36)37)24-18-22(8-10-26(24)39-29)21-6-4-3-5-7-21/h16-17,21-27H,2-15,18-19H2,1H3,(H-,33,34,35,36,37)/p+1. The first-order valence-electron chi connectivity index (χ1n) is 15.6. The molecular weight excluding hydrogens is 604 g/mol. The minimum atomic E-state index is -4.13.